The largest absolute Gasteiger partial charge is 1.00 e. The molecule has 0 atom stereocenters. The quantitative estimate of drug-likeness (QED) is 0.377. The number of aromatic amines is 1. The maximum absolute atomic E-state index is 13.0. The highest BCUT2D eigenvalue weighted by atomic mass is 35.5. The van der Waals surface area contributed by atoms with Gasteiger partial charge >= 0.3 is 2.85 Å². The molecule has 1 aliphatic heterocycles. The average Bonchev–Trinajstić information content (AvgIpc) is 2.88. The van der Waals surface area contributed by atoms with Crippen molar-refractivity contribution in [2.45, 2.75) is 0 Å². The van der Waals surface area contributed by atoms with Gasteiger partial charge in [-0.1, -0.05) is 24.3 Å². The lowest BCUT2D eigenvalue weighted by atomic mass is 9.96. The van der Waals surface area contributed by atoms with E-state index in [4.69, 9.17) is 0 Å². The average molecular weight is 406 g/mol. The first kappa shape index (κ1) is 21.0. The molecule has 2 aliphatic carbocycles. The second kappa shape index (κ2) is 8.13. The lowest BCUT2D eigenvalue weighted by Crippen LogP contribution is -3.00. The van der Waals surface area contributed by atoms with Crippen molar-refractivity contribution in [3.8, 4) is 22.4 Å². The number of nitrogens with zero attached hydrogens (tertiary/aromatic N) is 1. The van der Waals surface area contributed by atoms with E-state index in [0.717, 1.165) is 28.9 Å². The van der Waals surface area contributed by atoms with E-state index in [2.05, 4.69) is 15.2 Å². The Morgan fingerprint density at radius 1 is 0.963 bits per heavy atom. The van der Waals surface area contributed by atoms with Crippen molar-refractivity contribution in [1.82, 2.24) is 9.88 Å². The Labute approximate surface area is 172 Å². The second-order valence-corrected chi connectivity index (χ2v) is 6.56. The van der Waals surface area contributed by atoms with Crippen molar-refractivity contribution in [2.24, 2.45) is 0 Å². The number of hydrogen-bond acceptors (Lipinski definition) is 4. The molecule has 0 radical (unpaired) electrons. The number of nitrogens with one attached hydrogen (secondary N) is 2. The number of likely N-dealkylation sites (N-methyl/N-ethyl adjacent to an activating group) is 1. The van der Waals surface area contributed by atoms with Crippen LogP contribution in [0.5, 0.6) is 0 Å². The topological polar surface area (TPSA) is 65.2 Å². The zero-order valence-corrected chi connectivity index (χ0v) is 16.5. The summed E-state index contributed by atoms with van der Waals surface area (Å²) in [6, 6.07) is 12.6. The minimum atomic E-state index is -0.0550. The highest BCUT2D eigenvalue weighted by Gasteiger charge is 2.33. The first-order chi connectivity index (χ1) is 12.1. The summed E-state index contributed by atoms with van der Waals surface area (Å²) in [5.41, 5.74) is 4.78. The molecular formula is C20H21Cl2N3O2. The molecule has 0 fully saturated rings. The van der Waals surface area contributed by atoms with Crippen LogP contribution in [0.1, 0.15) is 18.8 Å². The minimum Gasteiger partial charge on any atom is -1.00 e. The highest BCUT2D eigenvalue weighted by Crippen LogP contribution is 2.45. The number of pyridine rings is 1. The molecule has 142 valence electrons. The smallest absolute Gasteiger partial charge is 1.00 e. The molecule has 0 spiro atoms. The standard InChI is InChI=1S/C20H19N3O2.2ClH/c1-23(2)10-9-21-20-18-17(13-5-3-4-6-14(13)19(18)25)15-8-7-12(24)11-16(15)22-20;;/h3-8,11,21-22H,9-10H2,1-2H3;2*1H. The maximum atomic E-state index is 13.0. The summed E-state index contributed by atoms with van der Waals surface area (Å²) in [6.07, 6.45) is 0. The van der Waals surface area contributed by atoms with Crippen LogP contribution >= 0.6 is 0 Å². The first-order valence-corrected chi connectivity index (χ1v) is 8.29. The SMILES string of the molecule is CN(C)CCNc1[nH]c2cc(=O)ccc-2c2c1C(=O)c1ccccc1-2.[Cl-].[Cl-].[H+].[H+]. The number of H-pyrrole nitrogens is 1. The van der Waals surface area contributed by atoms with Gasteiger partial charge in [0.05, 0.1) is 11.3 Å². The number of ketones is 1. The van der Waals surface area contributed by atoms with Crippen LogP contribution in [0.2, 0.25) is 0 Å². The Bertz CT molecular complexity index is 1020. The van der Waals surface area contributed by atoms with Crippen molar-refractivity contribution in [1.29, 1.82) is 0 Å². The Morgan fingerprint density at radius 3 is 2.37 bits per heavy atom. The molecule has 0 aromatic heterocycles. The first-order valence-electron chi connectivity index (χ1n) is 8.29. The fourth-order valence-electron chi connectivity index (χ4n) is 3.38. The Hall–Kier alpha value is -2.34. The minimum absolute atomic E-state index is 0. The summed E-state index contributed by atoms with van der Waals surface area (Å²) in [5.74, 6) is 0.693. The molecule has 0 unspecified atom stereocenters. The number of anilines is 1. The van der Waals surface area contributed by atoms with Gasteiger partial charge in [-0.3, -0.25) is 9.59 Å². The second-order valence-electron chi connectivity index (χ2n) is 6.56. The molecule has 0 saturated heterocycles. The van der Waals surface area contributed by atoms with Gasteiger partial charge in [-0.25, -0.2) is 0 Å². The van der Waals surface area contributed by atoms with Crippen LogP contribution in [0.4, 0.5) is 5.82 Å². The number of rotatable bonds is 4. The zero-order valence-electron chi connectivity index (χ0n) is 17.0. The van der Waals surface area contributed by atoms with Gasteiger partial charge in [0.15, 0.2) is 11.2 Å². The predicted octanol–water partition coefficient (Wildman–Crippen LogP) is -3.10. The third-order valence-corrected chi connectivity index (χ3v) is 4.55. The highest BCUT2D eigenvalue weighted by molar-refractivity contribution is 6.26. The van der Waals surface area contributed by atoms with Gasteiger partial charge in [0.25, 0.3) is 0 Å². The van der Waals surface area contributed by atoms with Crippen LogP contribution in [-0.2, 0) is 0 Å². The lowest BCUT2D eigenvalue weighted by molar-refractivity contribution is -0.001000. The molecule has 1 heterocycles. The predicted molar refractivity (Wildman–Crippen MR) is 102 cm³/mol. The third-order valence-electron chi connectivity index (χ3n) is 4.55. The number of hydrogen-bond donors (Lipinski definition) is 2. The van der Waals surface area contributed by atoms with Crippen LogP contribution < -0.4 is 35.6 Å². The van der Waals surface area contributed by atoms with Crippen LogP contribution in [0.15, 0.2) is 47.3 Å². The number of fused-ring (bicyclic) bond motifs is 5. The van der Waals surface area contributed by atoms with E-state index >= 15 is 0 Å². The van der Waals surface area contributed by atoms with Crippen LogP contribution in [-0.4, -0.2) is 42.9 Å². The van der Waals surface area contributed by atoms with E-state index in [9.17, 15) is 9.59 Å². The van der Waals surface area contributed by atoms with E-state index in [1.807, 2.05) is 38.4 Å². The van der Waals surface area contributed by atoms with Gasteiger partial charge in [-0.05, 0) is 31.8 Å². The number of aromatic nitrogens is 1. The van der Waals surface area contributed by atoms with Crippen molar-refractivity contribution < 1.29 is 32.5 Å². The number of carbonyl (C=O) groups is 1. The Balaban J connectivity index is 0.00000196. The summed E-state index contributed by atoms with van der Waals surface area (Å²) >= 11 is 0. The molecule has 27 heavy (non-hydrogen) atoms. The van der Waals surface area contributed by atoms with Gasteiger partial charge in [-0.15, -0.1) is 0 Å². The monoisotopic (exact) mass is 405 g/mol. The summed E-state index contributed by atoms with van der Waals surface area (Å²) < 4.78 is 0. The fraction of sp³-hybridized carbons (Fsp3) is 0.200. The van der Waals surface area contributed by atoms with E-state index in [-0.39, 0.29) is 38.9 Å². The maximum Gasteiger partial charge on any atom is 1.00 e. The third kappa shape index (κ3) is 3.58. The molecular weight excluding hydrogens is 385 g/mol. The molecule has 2 N–H and O–H groups in total. The Kier molecular flexibility index (Phi) is 6.31. The van der Waals surface area contributed by atoms with Crippen LogP contribution in [0.25, 0.3) is 22.4 Å². The van der Waals surface area contributed by atoms with Crippen LogP contribution in [0.3, 0.4) is 0 Å². The van der Waals surface area contributed by atoms with E-state index < -0.39 is 0 Å². The normalized spacial score (nSPS) is 11.6. The lowest BCUT2D eigenvalue weighted by Gasteiger charge is -2.18. The molecule has 0 bridgehead atoms. The zero-order chi connectivity index (χ0) is 17.6. The molecule has 1 aromatic rings. The van der Waals surface area contributed by atoms with Crippen molar-refractivity contribution in [3.63, 3.8) is 0 Å². The van der Waals surface area contributed by atoms with Gasteiger partial charge in [0.2, 0.25) is 0 Å². The summed E-state index contributed by atoms with van der Waals surface area (Å²) in [5, 5.41) is 3.33. The van der Waals surface area contributed by atoms with Crippen molar-refractivity contribution in [2.75, 3.05) is 32.5 Å². The van der Waals surface area contributed by atoms with E-state index in [0.29, 0.717) is 23.5 Å². The number of carbonyl (C=O) groups excluding carboxylic acids is 1. The summed E-state index contributed by atoms with van der Waals surface area (Å²) in [7, 11) is 4.00. The van der Waals surface area contributed by atoms with Crippen molar-refractivity contribution in [3.05, 3.63) is 63.8 Å². The molecule has 0 saturated carbocycles. The molecule has 5 nitrogen and oxygen atoms in total. The molecule has 3 aliphatic rings. The van der Waals surface area contributed by atoms with Gasteiger partial charge in [0, 0.05) is 35.8 Å². The van der Waals surface area contributed by atoms with Gasteiger partial charge < -0.3 is 40.0 Å². The molecule has 7 heteroatoms. The van der Waals surface area contributed by atoms with Gasteiger partial charge in [-0.2, -0.15) is 0 Å². The van der Waals surface area contributed by atoms with Crippen molar-refractivity contribution >= 4 is 11.6 Å². The number of benzene rings is 2. The molecule has 4 rings (SSSR count). The molecule has 0 amide bonds. The fourth-order valence-corrected chi connectivity index (χ4v) is 3.38. The Morgan fingerprint density at radius 2 is 1.67 bits per heavy atom. The molecule has 1 aromatic carbocycles. The van der Waals surface area contributed by atoms with Crippen LogP contribution in [0, 0.1) is 0 Å². The van der Waals surface area contributed by atoms with E-state index in [1.165, 1.54) is 0 Å². The van der Waals surface area contributed by atoms with Gasteiger partial charge in [0.1, 0.15) is 5.82 Å². The summed E-state index contributed by atoms with van der Waals surface area (Å²) in [6.45, 7) is 1.53. The van der Waals surface area contributed by atoms with E-state index in [1.54, 1.807) is 18.2 Å². The summed E-state index contributed by atoms with van der Waals surface area (Å²) in [4.78, 5) is 30.1. The number of halogens is 2.